The summed E-state index contributed by atoms with van der Waals surface area (Å²) < 4.78 is 13.1. The number of amides is 1. The van der Waals surface area contributed by atoms with Gasteiger partial charge in [-0.15, -0.1) is 0 Å². The van der Waals surface area contributed by atoms with Gasteiger partial charge in [-0.2, -0.15) is 11.3 Å². The van der Waals surface area contributed by atoms with Crippen LogP contribution in [0.3, 0.4) is 0 Å². The molecule has 0 bridgehead atoms. The van der Waals surface area contributed by atoms with Crippen LogP contribution in [0.1, 0.15) is 16.1 Å². The molecule has 22 heavy (non-hydrogen) atoms. The van der Waals surface area contributed by atoms with Crippen molar-refractivity contribution in [2.75, 3.05) is 0 Å². The number of rotatable bonds is 4. The topological polar surface area (TPSA) is 54.9 Å². The van der Waals surface area contributed by atoms with Crippen LogP contribution in [0.5, 0.6) is 0 Å². The maximum atomic E-state index is 13.1. The monoisotopic (exact) mass is 313 g/mol. The van der Waals surface area contributed by atoms with Crippen LogP contribution >= 0.6 is 11.3 Å². The van der Waals surface area contributed by atoms with Crippen LogP contribution in [-0.2, 0) is 6.54 Å². The molecule has 110 valence electrons. The van der Waals surface area contributed by atoms with E-state index in [0.29, 0.717) is 5.69 Å². The molecule has 1 N–H and O–H groups in total. The van der Waals surface area contributed by atoms with Crippen molar-refractivity contribution >= 4 is 17.2 Å². The molecule has 0 saturated carbocycles. The molecular weight excluding hydrogens is 301 g/mol. The molecule has 0 aliphatic heterocycles. The zero-order valence-electron chi connectivity index (χ0n) is 11.5. The van der Waals surface area contributed by atoms with Gasteiger partial charge in [0.1, 0.15) is 5.82 Å². The summed E-state index contributed by atoms with van der Waals surface area (Å²) in [5.41, 5.74) is 2.66. The van der Waals surface area contributed by atoms with E-state index in [1.807, 2.05) is 16.8 Å². The predicted octanol–water partition coefficient (Wildman–Crippen LogP) is 3.27. The van der Waals surface area contributed by atoms with Crippen LogP contribution in [-0.4, -0.2) is 15.9 Å². The lowest BCUT2D eigenvalue weighted by molar-refractivity contribution is 0.0950. The number of carbonyl (C=O) groups is 1. The Labute approximate surface area is 130 Å². The molecular formula is C16H12FN3OS. The summed E-state index contributed by atoms with van der Waals surface area (Å²) in [4.78, 5) is 20.6. The third kappa shape index (κ3) is 3.17. The Morgan fingerprint density at radius 1 is 1.23 bits per heavy atom. The first kappa shape index (κ1) is 14.3. The molecule has 3 rings (SSSR count). The van der Waals surface area contributed by atoms with Crippen molar-refractivity contribution in [1.82, 2.24) is 15.3 Å². The van der Waals surface area contributed by atoms with Gasteiger partial charge >= 0.3 is 0 Å². The van der Waals surface area contributed by atoms with E-state index in [1.165, 1.54) is 18.2 Å². The van der Waals surface area contributed by atoms with E-state index in [2.05, 4.69) is 15.3 Å². The number of thiophene rings is 1. The van der Waals surface area contributed by atoms with E-state index in [-0.39, 0.29) is 18.0 Å². The fourth-order valence-corrected chi connectivity index (χ4v) is 2.67. The summed E-state index contributed by atoms with van der Waals surface area (Å²) in [6.45, 7) is 0.231. The highest BCUT2D eigenvalue weighted by molar-refractivity contribution is 7.08. The summed E-state index contributed by atoms with van der Waals surface area (Å²) >= 11 is 1.57. The number of nitrogens with zero attached hydrogens (tertiary/aromatic N) is 2. The predicted molar refractivity (Wildman–Crippen MR) is 82.9 cm³/mol. The van der Waals surface area contributed by atoms with Crippen molar-refractivity contribution < 1.29 is 9.18 Å². The minimum atomic E-state index is -0.439. The number of nitrogens with one attached hydrogen (secondary N) is 1. The van der Waals surface area contributed by atoms with Crippen molar-refractivity contribution in [1.29, 1.82) is 0 Å². The van der Waals surface area contributed by atoms with E-state index in [9.17, 15) is 9.18 Å². The Bertz CT molecular complexity index is 790. The molecule has 0 radical (unpaired) electrons. The minimum absolute atomic E-state index is 0.231. The van der Waals surface area contributed by atoms with Gasteiger partial charge in [-0.3, -0.25) is 14.8 Å². The second-order valence-corrected chi connectivity index (χ2v) is 5.34. The largest absolute Gasteiger partial charge is 0.346 e. The first-order valence-corrected chi connectivity index (χ1v) is 7.54. The zero-order valence-corrected chi connectivity index (χ0v) is 12.3. The van der Waals surface area contributed by atoms with Crippen molar-refractivity contribution in [2.24, 2.45) is 0 Å². The summed E-state index contributed by atoms with van der Waals surface area (Å²) in [5, 5.41) is 6.67. The van der Waals surface area contributed by atoms with E-state index in [4.69, 9.17) is 0 Å². The minimum Gasteiger partial charge on any atom is -0.346 e. The normalized spacial score (nSPS) is 10.4. The third-order valence-electron chi connectivity index (χ3n) is 3.07. The van der Waals surface area contributed by atoms with Crippen molar-refractivity contribution in [3.05, 3.63) is 70.6 Å². The molecule has 6 heteroatoms. The van der Waals surface area contributed by atoms with Gasteiger partial charge in [0, 0.05) is 28.9 Å². The van der Waals surface area contributed by atoms with Gasteiger partial charge in [0.25, 0.3) is 5.91 Å². The van der Waals surface area contributed by atoms with E-state index >= 15 is 0 Å². The number of aromatic nitrogens is 2. The second-order valence-electron chi connectivity index (χ2n) is 4.56. The fourth-order valence-electron chi connectivity index (χ4n) is 2.03. The maximum absolute atomic E-state index is 13.1. The van der Waals surface area contributed by atoms with Crippen LogP contribution in [0.4, 0.5) is 4.39 Å². The summed E-state index contributed by atoms with van der Waals surface area (Å²) in [7, 11) is 0. The van der Waals surface area contributed by atoms with Crippen LogP contribution in [0.2, 0.25) is 0 Å². The van der Waals surface area contributed by atoms with Gasteiger partial charge in [-0.05, 0) is 29.6 Å². The van der Waals surface area contributed by atoms with Crippen molar-refractivity contribution in [2.45, 2.75) is 6.54 Å². The van der Waals surface area contributed by atoms with Gasteiger partial charge in [0.05, 0.1) is 17.9 Å². The highest BCUT2D eigenvalue weighted by Crippen LogP contribution is 2.22. The molecule has 1 aromatic carbocycles. The summed E-state index contributed by atoms with van der Waals surface area (Å²) in [6.07, 6.45) is 3.20. The van der Waals surface area contributed by atoms with E-state index in [1.54, 1.807) is 29.8 Å². The molecule has 0 aliphatic carbocycles. The van der Waals surface area contributed by atoms with Crippen LogP contribution in [0.25, 0.3) is 11.3 Å². The number of benzene rings is 1. The Morgan fingerprint density at radius 2 is 2.09 bits per heavy atom. The van der Waals surface area contributed by atoms with Gasteiger partial charge in [-0.25, -0.2) is 4.39 Å². The quantitative estimate of drug-likeness (QED) is 0.804. The average molecular weight is 313 g/mol. The molecule has 0 fully saturated rings. The average Bonchev–Trinajstić information content (AvgIpc) is 3.07. The van der Waals surface area contributed by atoms with E-state index in [0.717, 1.165) is 11.3 Å². The zero-order chi connectivity index (χ0) is 15.4. The van der Waals surface area contributed by atoms with Crippen LogP contribution in [0, 0.1) is 5.82 Å². The molecule has 0 unspecified atom stereocenters. The molecule has 2 aromatic heterocycles. The molecule has 0 atom stereocenters. The molecule has 4 nitrogen and oxygen atoms in total. The first-order valence-electron chi connectivity index (χ1n) is 6.60. The molecule has 3 aromatic rings. The molecule has 0 aliphatic rings. The number of hydrogen-bond donors (Lipinski definition) is 1. The highest BCUT2D eigenvalue weighted by atomic mass is 32.1. The lowest BCUT2D eigenvalue weighted by atomic mass is 10.1. The molecule has 1 amide bonds. The third-order valence-corrected chi connectivity index (χ3v) is 3.76. The van der Waals surface area contributed by atoms with Crippen LogP contribution < -0.4 is 5.32 Å². The lowest BCUT2D eigenvalue weighted by Gasteiger charge is -2.08. The molecule has 2 heterocycles. The second kappa shape index (κ2) is 6.44. The highest BCUT2D eigenvalue weighted by Gasteiger charge is 2.11. The standard InChI is InChI=1S/C16H12FN3OS/c17-13-3-1-2-11(8-13)16(21)20-9-14-15(19-6-5-18-14)12-4-7-22-10-12/h1-8,10H,9H2,(H,20,21). The fraction of sp³-hybridized carbons (Fsp3) is 0.0625. The Morgan fingerprint density at radius 3 is 2.86 bits per heavy atom. The lowest BCUT2D eigenvalue weighted by Crippen LogP contribution is -2.23. The SMILES string of the molecule is O=C(NCc1nccnc1-c1ccsc1)c1cccc(F)c1. The first-order chi connectivity index (χ1) is 10.7. The van der Waals surface area contributed by atoms with E-state index < -0.39 is 5.82 Å². The Hall–Kier alpha value is -2.60. The number of hydrogen-bond acceptors (Lipinski definition) is 4. The van der Waals surface area contributed by atoms with Gasteiger partial charge in [0.2, 0.25) is 0 Å². The molecule has 0 spiro atoms. The number of carbonyl (C=O) groups excluding carboxylic acids is 1. The van der Waals surface area contributed by atoms with Gasteiger partial charge < -0.3 is 5.32 Å². The Balaban J connectivity index is 1.76. The van der Waals surface area contributed by atoms with Crippen LogP contribution in [0.15, 0.2) is 53.5 Å². The molecule has 0 saturated heterocycles. The van der Waals surface area contributed by atoms with Crippen molar-refractivity contribution in [3.63, 3.8) is 0 Å². The Kier molecular flexibility index (Phi) is 4.20. The summed E-state index contributed by atoms with van der Waals surface area (Å²) in [5.74, 6) is -0.785. The number of halogens is 1. The maximum Gasteiger partial charge on any atom is 0.251 e. The van der Waals surface area contributed by atoms with Gasteiger partial charge in [-0.1, -0.05) is 6.07 Å². The smallest absolute Gasteiger partial charge is 0.251 e. The summed E-state index contributed by atoms with van der Waals surface area (Å²) in [6, 6.07) is 7.52. The van der Waals surface area contributed by atoms with Gasteiger partial charge in [0.15, 0.2) is 0 Å². The van der Waals surface area contributed by atoms with Crippen molar-refractivity contribution in [3.8, 4) is 11.3 Å².